The molecule has 98 valence electrons. The Morgan fingerprint density at radius 3 is 2.94 bits per heavy atom. The highest BCUT2D eigenvalue weighted by Gasteiger charge is 2.23. The Morgan fingerprint density at radius 2 is 2.33 bits per heavy atom. The zero-order valence-corrected chi connectivity index (χ0v) is 10.3. The first kappa shape index (κ1) is 12.7. The van der Waals surface area contributed by atoms with Crippen molar-refractivity contribution in [2.75, 3.05) is 12.3 Å². The normalized spacial score (nSPS) is 22.9. The molecule has 1 fully saturated rings. The Labute approximate surface area is 106 Å². The van der Waals surface area contributed by atoms with Gasteiger partial charge in [0, 0.05) is 5.69 Å². The largest absolute Gasteiger partial charge is 0.490 e. The Morgan fingerprint density at radius 1 is 1.56 bits per heavy atom. The van der Waals surface area contributed by atoms with Crippen molar-refractivity contribution in [3.63, 3.8) is 0 Å². The predicted molar refractivity (Wildman–Crippen MR) is 66.9 cm³/mol. The predicted octanol–water partition coefficient (Wildman–Crippen LogP) is 1.91. The fraction of sp³-hybridized carbons (Fsp3) is 0.462. The molecule has 2 atom stereocenters. The van der Waals surface area contributed by atoms with Crippen molar-refractivity contribution >= 4 is 11.7 Å². The minimum atomic E-state index is -1.04. The van der Waals surface area contributed by atoms with E-state index >= 15 is 0 Å². The summed E-state index contributed by atoms with van der Waals surface area (Å²) in [6, 6.07) is 4.60. The summed E-state index contributed by atoms with van der Waals surface area (Å²) in [5.74, 6) is -0.710. The Balaban J connectivity index is 2.02. The molecule has 0 aliphatic carbocycles. The number of carbonyl (C=O) groups is 1. The second-order valence-corrected chi connectivity index (χ2v) is 4.52. The molecule has 1 aliphatic rings. The zero-order chi connectivity index (χ0) is 13.1. The van der Waals surface area contributed by atoms with E-state index in [1.165, 1.54) is 6.07 Å². The van der Waals surface area contributed by atoms with Gasteiger partial charge in [-0.1, -0.05) is 0 Å². The number of carboxylic acid groups (broad SMARTS) is 1. The monoisotopic (exact) mass is 251 g/mol. The molecule has 1 aliphatic heterocycles. The van der Waals surface area contributed by atoms with Crippen LogP contribution in [0.2, 0.25) is 0 Å². The first-order valence-electron chi connectivity index (χ1n) is 5.97. The molecule has 1 heterocycles. The van der Waals surface area contributed by atoms with Gasteiger partial charge in [-0.3, -0.25) is 0 Å². The average Bonchev–Trinajstić information content (AvgIpc) is 2.73. The van der Waals surface area contributed by atoms with E-state index in [0.717, 1.165) is 12.8 Å². The second-order valence-electron chi connectivity index (χ2n) is 4.52. The van der Waals surface area contributed by atoms with Gasteiger partial charge in [-0.2, -0.15) is 0 Å². The SMILES string of the molecule is CC1CCC(COc2ccc(N)cc2C(=O)O)O1. The van der Waals surface area contributed by atoms with Gasteiger partial charge in [0.05, 0.1) is 12.2 Å². The molecule has 2 rings (SSSR count). The summed E-state index contributed by atoms with van der Waals surface area (Å²) in [6.07, 6.45) is 2.25. The molecule has 2 unspecified atom stereocenters. The fourth-order valence-electron chi connectivity index (χ4n) is 2.03. The number of nitrogens with two attached hydrogens (primary N) is 1. The summed E-state index contributed by atoms with van der Waals surface area (Å²) in [6.45, 7) is 2.39. The quantitative estimate of drug-likeness (QED) is 0.799. The zero-order valence-electron chi connectivity index (χ0n) is 10.3. The van der Waals surface area contributed by atoms with Crippen molar-refractivity contribution < 1.29 is 19.4 Å². The van der Waals surface area contributed by atoms with Crippen LogP contribution in [-0.4, -0.2) is 29.9 Å². The maximum absolute atomic E-state index is 11.1. The van der Waals surface area contributed by atoms with E-state index in [9.17, 15) is 4.79 Å². The number of ether oxygens (including phenoxy) is 2. The van der Waals surface area contributed by atoms with Crippen molar-refractivity contribution in [2.24, 2.45) is 0 Å². The molecule has 0 spiro atoms. The highest BCUT2D eigenvalue weighted by Crippen LogP contribution is 2.24. The fourth-order valence-corrected chi connectivity index (χ4v) is 2.03. The molecule has 1 saturated heterocycles. The summed E-state index contributed by atoms with van der Waals surface area (Å²) in [7, 11) is 0. The number of nitrogen functional groups attached to an aromatic ring is 1. The van der Waals surface area contributed by atoms with Gasteiger partial charge in [-0.25, -0.2) is 4.79 Å². The van der Waals surface area contributed by atoms with E-state index in [4.69, 9.17) is 20.3 Å². The molecule has 0 saturated carbocycles. The van der Waals surface area contributed by atoms with Crippen LogP contribution in [0.15, 0.2) is 18.2 Å². The molecule has 0 amide bonds. The van der Waals surface area contributed by atoms with Crippen LogP contribution in [0.3, 0.4) is 0 Å². The van der Waals surface area contributed by atoms with Gasteiger partial charge in [-0.15, -0.1) is 0 Å². The highest BCUT2D eigenvalue weighted by atomic mass is 16.5. The lowest BCUT2D eigenvalue weighted by molar-refractivity contribution is 0.0259. The van der Waals surface area contributed by atoms with Crippen LogP contribution in [0.1, 0.15) is 30.1 Å². The summed E-state index contributed by atoms with van der Waals surface area (Å²) in [5, 5.41) is 9.06. The lowest BCUT2D eigenvalue weighted by Gasteiger charge is -2.14. The number of anilines is 1. The van der Waals surface area contributed by atoms with Crippen molar-refractivity contribution in [1.82, 2.24) is 0 Å². The molecule has 3 N–H and O–H groups in total. The standard InChI is InChI=1S/C13H17NO4/c1-8-2-4-10(18-8)7-17-12-5-3-9(14)6-11(12)13(15)16/h3,5-6,8,10H,2,4,7,14H2,1H3,(H,15,16). The van der Waals surface area contributed by atoms with E-state index in [1.54, 1.807) is 12.1 Å². The third-order valence-electron chi connectivity index (χ3n) is 2.98. The van der Waals surface area contributed by atoms with Gasteiger partial charge < -0.3 is 20.3 Å². The number of aromatic carboxylic acids is 1. The lowest BCUT2D eigenvalue weighted by atomic mass is 10.2. The number of benzene rings is 1. The van der Waals surface area contributed by atoms with E-state index in [1.807, 2.05) is 6.92 Å². The average molecular weight is 251 g/mol. The minimum absolute atomic E-state index is 0.0409. The topological polar surface area (TPSA) is 81.8 Å². The Bertz CT molecular complexity index is 447. The van der Waals surface area contributed by atoms with Crippen LogP contribution in [0.5, 0.6) is 5.75 Å². The Kier molecular flexibility index (Phi) is 3.72. The van der Waals surface area contributed by atoms with Crippen LogP contribution < -0.4 is 10.5 Å². The number of rotatable bonds is 4. The van der Waals surface area contributed by atoms with Crippen LogP contribution in [0.4, 0.5) is 5.69 Å². The van der Waals surface area contributed by atoms with E-state index in [-0.39, 0.29) is 17.8 Å². The maximum Gasteiger partial charge on any atom is 0.339 e. The van der Waals surface area contributed by atoms with Crippen LogP contribution in [0.25, 0.3) is 0 Å². The van der Waals surface area contributed by atoms with Crippen molar-refractivity contribution in [1.29, 1.82) is 0 Å². The van der Waals surface area contributed by atoms with Gasteiger partial charge >= 0.3 is 5.97 Å². The first-order chi connectivity index (χ1) is 8.56. The maximum atomic E-state index is 11.1. The van der Waals surface area contributed by atoms with Gasteiger partial charge in [-0.05, 0) is 38.0 Å². The molecule has 1 aromatic carbocycles. The van der Waals surface area contributed by atoms with Crippen LogP contribution >= 0.6 is 0 Å². The van der Waals surface area contributed by atoms with Crippen molar-refractivity contribution in [3.8, 4) is 5.75 Å². The number of carboxylic acids is 1. The number of hydrogen-bond acceptors (Lipinski definition) is 4. The molecule has 5 nitrogen and oxygen atoms in total. The second kappa shape index (κ2) is 5.27. The summed E-state index contributed by atoms with van der Waals surface area (Å²) in [4.78, 5) is 11.1. The smallest absolute Gasteiger partial charge is 0.339 e. The molecule has 18 heavy (non-hydrogen) atoms. The van der Waals surface area contributed by atoms with E-state index in [0.29, 0.717) is 18.0 Å². The van der Waals surface area contributed by atoms with E-state index < -0.39 is 5.97 Å². The summed E-state index contributed by atoms with van der Waals surface area (Å²) >= 11 is 0. The molecular weight excluding hydrogens is 234 g/mol. The van der Waals surface area contributed by atoms with Crippen LogP contribution in [-0.2, 0) is 4.74 Å². The molecular formula is C13H17NO4. The molecule has 1 aromatic rings. The molecule has 0 radical (unpaired) electrons. The van der Waals surface area contributed by atoms with E-state index in [2.05, 4.69) is 0 Å². The molecule has 0 bridgehead atoms. The first-order valence-corrected chi connectivity index (χ1v) is 5.97. The number of hydrogen-bond donors (Lipinski definition) is 2. The third kappa shape index (κ3) is 2.92. The van der Waals surface area contributed by atoms with Crippen LogP contribution in [0, 0.1) is 0 Å². The molecule has 5 heteroatoms. The summed E-state index contributed by atoms with van der Waals surface area (Å²) in [5.41, 5.74) is 6.05. The Hall–Kier alpha value is -1.75. The molecule has 0 aromatic heterocycles. The van der Waals surface area contributed by atoms with Gasteiger partial charge in [0.1, 0.15) is 17.9 Å². The highest BCUT2D eigenvalue weighted by molar-refractivity contribution is 5.92. The van der Waals surface area contributed by atoms with Gasteiger partial charge in [0.25, 0.3) is 0 Å². The van der Waals surface area contributed by atoms with Crippen molar-refractivity contribution in [3.05, 3.63) is 23.8 Å². The summed E-state index contributed by atoms with van der Waals surface area (Å²) < 4.78 is 11.1. The lowest BCUT2D eigenvalue weighted by Crippen LogP contribution is -2.18. The van der Waals surface area contributed by atoms with Gasteiger partial charge in [0.15, 0.2) is 0 Å². The minimum Gasteiger partial charge on any atom is -0.490 e. The third-order valence-corrected chi connectivity index (χ3v) is 2.98. The van der Waals surface area contributed by atoms with Crippen molar-refractivity contribution in [2.45, 2.75) is 32.0 Å². The van der Waals surface area contributed by atoms with Gasteiger partial charge in [0.2, 0.25) is 0 Å².